The zero-order chi connectivity index (χ0) is 20.5. The fourth-order valence-electron chi connectivity index (χ4n) is 4.00. The standard InChI is InChI=1S/C19H24N6O3S/c1-3-24-16(26)15-12(2)14(10-23-7-6-21-18(23)22-11-20)29-17(15)25(19(24)27)9-13-5-4-8-28-13/h13H,3-10H2,1-2H3,(H,21,22). The third-order valence-corrected chi connectivity index (χ3v) is 6.85. The molecule has 1 fully saturated rings. The Kier molecular flexibility index (Phi) is 5.43. The van der Waals surface area contributed by atoms with Crippen molar-refractivity contribution in [3.05, 3.63) is 31.3 Å². The van der Waals surface area contributed by atoms with E-state index in [2.05, 4.69) is 10.3 Å². The Morgan fingerprint density at radius 2 is 2.21 bits per heavy atom. The molecule has 4 heterocycles. The molecular formula is C19H24N6O3S. The molecule has 2 aromatic rings. The van der Waals surface area contributed by atoms with Gasteiger partial charge in [-0.2, -0.15) is 5.26 Å². The Morgan fingerprint density at radius 3 is 2.90 bits per heavy atom. The Morgan fingerprint density at radius 1 is 1.38 bits per heavy atom. The van der Waals surface area contributed by atoms with Crippen molar-refractivity contribution in [1.82, 2.24) is 19.4 Å². The van der Waals surface area contributed by atoms with Crippen LogP contribution in [0.3, 0.4) is 0 Å². The summed E-state index contributed by atoms with van der Waals surface area (Å²) in [6, 6.07) is 0. The molecule has 0 saturated carbocycles. The highest BCUT2D eigenvalue weighted by atomic mass is 32.1. The second-order valence-corrected chi connectivity index (χ2v) is 8.36. The number of rotatable bonds is 5. The summed E-state index contributed by atoms with van der Waals surface area (Å²) < 4.78 is 8.76. The molecule has 10 heteroatoms. The lowest BCUT2D eigenvalue weighted by molar-refractivity contribution is 0.0966. The van der Waals surface area contributed by atoms with E-state index < -0.39 is 0 Å². The van der Waals surface area contributed by atoms with Gasteiger partial charge in [0.25, 0.3) is 5.56 Å². The first-order valence-electron chi connectivity index (χ1n) is 9.86. The van der Waals surface area contributed by atoms with Gasteiger partial charge in [0.15, 0.2) is 6.19 Å². The number of nitrogens with one attached hydrogen (secondary N) is 1. The van der Waals surface area contributed by atoms with Crippen molar-refractivity contribution in [1.29, 1.82) is 5.26 Å². The van der Waals surface area contributed by atoms with E-state index >= 15 is 0 Å². The topological polar surface area (TPSA) is 105 Å². The smallest absolute Gasteiger partial charge is 0.332 e. The maximum atomic E-state index is 13.0. The predicted octanol–water partition coefficient (Wildman–Crippen LogP) is 0.974. The minimum atomic E-state index is -0.275. The molecule has 2 aromatic heterocycles. The van der Waals surface area contributed by atoms with Gasteiger partial charge in [-0.15, -0.1) is 11.3 Å². The first kappa shape index (κ1) is 19.7. The van der Waals surface area contributed by atoms with Crippen molar-refractivity contribution in [2.75, 3.05) is 19.7 Å². The lowest BCUT2D eigenvalue weighted by Crippen LogP contribution is -2.40. The van der Waals surface area contributed by atoms with Gasteiger partial charge in [-0.3, -0.25) is 24.2 Å². The number of hydrogen-bond acceptors (Lipinski definition) is 8. The van der Waals surface area contributed by atoms with Crippen molar-refractivity contribution in [3.63, 3.8) is 0 Å². The van der Waals surface area contributed by atoms with Crippen molar-refractivity contribution >= 4 is 27.5 Å². The molecule has 0 aliphatic carbocycles. The third-order valence-electron chi connectivity index (χ3n) is 5.55. The van der Waals surface area contributed by atoms with Crippen LogP contribution in [0.25, 0.3) is 10.2 Å². The Balaban J connectivity index is 1.80. The van der Waals surface area contributed by atoms with Crippen molar-refractivity contribution in [2.24, 2.45) is 4.99 Å². The average molecular weight is 417 g/mol. The fourth-order valence-corrected chi connectivity index (χ4v) is 5.32. The highest BCUT2D eigenvalue weighted by Crippen LogP contribution is 2.30. The number of thiophene rings is 1. The second kappa shape index (κ2) is 8.00. The van der Waals surface area contributed by atoms with Gasteiger partial charge in [-0.05, 0) is 32.3 Å². The van der Waals surface area contributed by atoms with Crippen LogP contribution in [0.2, 0.25) is 0 Å². The van der Waals surface area contributed by atoms with E-state index in [-0.39, 0.29) is 17.4 Å². The van der Waals surface area contributed by atoms with E-state index in [1.165, 1.54) is 15.9 Å². The second-order valence-electron chi connectivity index (χ2n) is 7.27. The first-order valence-corrected chi connectivity index (χ1v) is 10.7. The van der Waals surface area contributed by atoms with Crippen LogP contribution in [0.4, 0.5) is 0 Å². The normalized spacial score (nSPS) is 19.0. The Hall–Kier alpha value is -2.64. The molecule has 2 aliphatic rings. The first-order chi connectivity index (χ1) is 14.0. The number of fused-ring (bicyclic) bond motifs is 1. The zero-order valence-electron chi connectivity index (χ0n) is 16.6. The summed E-state index contributed by atoms with van der Waals surface area (Å²) in [6.07, 6.45) is 3.83. The van der Waals surface area contributed by atoms with Gasteiger partial charge >= 0.3 is 5.69 Å². The minimum absolute atomic E-state index is 0.00158. The van der Waals surface area contributed by atoms with E-state index in [4.69, 9.17) is 10.00 Å². The van der Waals surface area contributed by atoms with Crippen LogP contribution in [0.1, 0.15) is 30.2 Å². The van der Waals surface area contributed by atoms with Crippen LogP contribution in [0.15, 0.2) is 14.6 Å². The number of aryl methyl sites for hydroxylation is 1. The van der Waals surface area contributed by atoms with E-state index in [1.54, 1.807) is 4.57 Å². The quantitative estimate of drug-likeness (QED) is 0.575. The molecule has 0 amide bonds. The highest BCUT2D eigenvalue weighted by molar-refractivity contribution is 7.18. The van der Waals surface area contributed by atoms with Gasteiger partial charge in [0.2, 0.25) is 5.96 Å². The van der Waals surface area contributed by atoms with Crippen LogP contribution in [-0.4, -0.2) is 45.8 Å². The van der Waals surface area contributed by atoms with Gasteiger partial charge in [-0.25, -0.2) is 4.79 Å². The number of ether oxygens (including phenoxy) is 1. The third kappa shape index (κ3) is 3.45. The zero-order valence-corrected chi connectivity index (χ0v) is 17.4. The summed E-state index contributed by atoms with van der Waals surface area (Å²) in [5.74, 6) is 0.548. The molecule has 9 nitrogen and oxygen atoms in total. The number of nitrogens with zero attached hydrogens (tertiary/aromatic N) is 5. The van der Waals surface area contributed by atoms with Gasteiger partial charge in [0, 0.05) is 24.6 Å². The van der Waals surface area contributed by atoms with Gasteiger partial charge in [-0.1, -0.05) is 0 Å². The largest absolute Gasteiger partial charge is 0.376 e. The van der Waals surface area contributed by atoms with Gasteiger partial charge < -0.3 is 9.64 Å². The molecule has 0 radical (unpaired) electrons. The maximum Gasteiger partial charge on any atom is 0.332 e. The van der Waals surface area contributed by atoms with Gasteiger partial charge in [0.05, 0.1) is 31.1 Å². The minimum Gasteiger partial charge on any atom is -0.376 e. The number of aromatic nitrogens is 2. The molecule has 1 unspecified atom stereocenters. The molecule has 1 N–H and O–H groups in total. The Labute approximate surface area is 171 Å². The fraction of sp³-hybridized carbons (Fsp3) is 0.579. The molecule has 4 rings (SSSR count). The number of hydrogen-bond donors (Lipinski definition) is 1. The molecule has 0 aromatic carbocycles. The number of nitriles is 1. The van der Waals surface area contributed by atoms with Crippen molar-refractivity contribution in [2.45, 2.75) is 52.4 Å². The van der Waals surface area contributed by atoms with Crippen molar-refractivity contribution < 1.29 is 4.74 Å². The summed E-state index contributed by atoms with van der Waals surface area (Å²) in [4.78, 5) is 34.1. The molecule has 29 heavy (non-hydrogen) atoms. The number of aliphatic imine (C=N–C) groups is 1. The van der Waals surface area contributed by atoms with E-state index in [1.807, 2.05) is 24.9 Å². The monoisotopic (exact) mass is 416 g/mol. The molecule has 1 atom stereocenters. The van der Waals surface area contributed by atoms with Gasteiger partial charge in [0.1, 0.15) is 4.83 Å². The van der Waals surface area contributed by atoms with E-state index in [0.717, 1.165) is 23.3 Å². The maximum absolute atomic E-state index is 13.0. The number of guanidine groups is 1. The summed E-state index contributed by atoms with van der Waals surface area (Å²) in [6.45, 7) is 7.13. The Bertz CT molecular complexity index is 1120. The van der Waals surface area contributed by atoms with Crippen LogP contribution >= 0.6 is 11.3 Å². The average Bonchev–Trinajstić information content (AvgIpc) is 3.42. The predicted molar refractivity (Wildman–Crippen MR) is 111 cm³/mol. The van der Waals surface area contributed by atoms with E-state index in [9.17, 15) is 9.59 Å². The van der Waals surface area contributed by atoms with Crippen LogP contribution in [0, 0.1) is 18.4 Å². The van der Waals surface area contributed by atoms with E-state index in [0.29, 0.717) is 55.5 Å². The van der Waals surface area contributed by atoms with Crippen molar-refractivity contribution in [3.8, 4) is 6.19 Å². The molecule has 154 valence electrons. The van der Waals surface area contributed by atoms with Crippen LogP contribution < -0.4 is 16.6 Å². The summed E-state index contributed by atoms with van der Waals surface area (Å²) >= 11 is 1.48. The molecule has 2 aliphatic heterocycles. The molecule has 0 spiro atoms. The molecular weight excluding hydrogens is 392 g/mol. The lowest BCUT2D eigenvalue weighted by atomic mass is 10.2. The molecule has 0 bridgehead atoms. The summed E-state index contributed by atoms with van der Waals surface area (Å²) in [5, 5.41) is 12.1. The van der Waals surface area contributed by atoms with Crippen LogP contribution in [0.5, 0.6) is 0 Å². The van der Waals surface area contributed by atoms with Crippen LogP contribution in [-0.2, 0) is 24.4 Å². The SMILES string of the molecule is CCn1c(=O)c2c(C)c(CN3CCN=C3NC#N)sc2n(CC2CCCO2)c1=O. The lowest BCUT2D eigenvalue weighted by Gasteiger charge is -2.18. The summed E-state index contributed by atoms with van der Waals surface area (Å²) in [5.41, 5.74) is 0.380. The summed E-state index contributed by atoms with van der Waals surface area (Å²) in [7, 11) is 0. The molecule has 1 saturated heterocycles. The highest BCUT2D eigenvalue weighted by Gasteiger charge is 2.25.